The molecule has 0 unspecified atom stereocenters. The van der Waals surface area contributed by atoms with Gasteiger partial charge in [-0.1, -0.05) is 42.5 Å². The average molecular weight is 146 g/mol. The van der Waals surface area contributed by atoms with Crippen molar-refractivity contribution in [2.24, 2.45) is 0 Å². The van der Waals surface area contributed by atoms with Gasteiger partial charge < -0.3 is 0 Å². The number of rotatable bonds is 4. The molecule has 0 amide bonds. The van der Waals surface area contributed by atoms with Gasteiger partial charge in [-0.2, -0.15) is 0 Å². The van der Waals surface area contributed by atoms with E-state index < -0.39 is 0 Å². The van der Waals surface area contributed by atoms with Crippen molar-refractivity contribution in [1.82, 2.24) is 0 Å². The largest absolute Gasteiger partial charge is 0.129 e. The van der Waals surface area contributed by atoms with Gasteiger partial charge in [-0.05, 0) is 13.3 Å². The van der Waals surface area contributed by atoms with E-state index in [0.29, 0.717) is 0 Å². The maximum atomic E-state index is 3.88. The Kier molecular flexibility index (Phi) is 5.27. The molecule has 0 nitrogen and oxygen atoms in total. The van der Waals surface area contributed by atoms with Crippen LogP contribution in [0.2, 0.25) is 0 Å². The third-order valence-corrected chi connectivity index (χ3v) is 1.22. The Hall–Kier alpha value is -0.975. The molecule has 0 aliphatic rings. The number of allylic oxidation sites excluding steroid dienone is 5. The SMILES string of the molecule is B/C=C/CC(=C)/C=C/C(=C)C. The predicted octanol–water partition coefficient (Wildman–Crippen LogP) is 2.21. The van der Waals surface area contributed by atoms with E-state index in [9.17, 15) is 0 Å². The molecular formula is C10H15B. The van der Waals surface area contributed by atoms with Gasteiger partial charge in [-0.15, -0.1) is 5.98 Å². The Bertz CT molecular complexity index is 197. The first-order valence-corrected chi connectivity index (χ1v) is 3.79. The lowest BCUT2D eigenvalue weighted by Gasteiger charge is -1.92. The van der Waals surface area contributed by atoms with E-state index >= 15 is 0 Å². The molecule has 0 bridgehead atoms. The summed E-state index contributed by atoms with van der Waals surface area (Å²) in [6.07, 6.45) is 7.00. The van der Waals surface area contributed by atoms with E-state index in [4.69, 9.17) is 0 Å². The summed E-state index contributed by atoms with van der Waals surface area (Å²) in [4.78, 5) is 0. The highest BCUT2D eigenvalue weighted by Crippen LogP contribution is 2.02. The van der Waals surface area contributed by atoms with Crippen LogP contribution in [0.4, 0.5) is 0 Å². The first-order valence-electron chi connectivity index (χ1n) is 3.79. The van der Waals surface area contributed by atoms with Gasteiger partial charge in [0.05, 0.1) is 0 Å². The molecule has 11 heavy (non-hydrogen) atoms. The molecule has 0 N–H and O–H groups in total. The Balaban J connectivity index is 3.78. The lowest BCUT2D eigenvalue weighted by molar-refractivity contribution is 1.30. The van der Waals surface area contributed by atoms with E-state index in [0.717, 1.165) is 17.6 Å². The quantitative estimate of drug-likeness (QED) is 0.421. The molecular weight excluding hydrogens is 131 g/mol. The van der Waals surface area contributed by atoms with Crippen molar-refractivity contribution in [3.8, 4) is 0 Å². The van der Waals surface area contributed by atoms with Crippen LogP contribution in [0.25, 0.3) is 0 Å². The molecule has 0 radical (unpaired) electrons. The van der Waals surface area contributed by atoms with Gasteiger partial charge >= 0.3 is 0 Å². The molecule has 0 saturated heterocycles. The normalized spacial score (nSPS) is 11.0. The average Bonchev–Trinajstić information content (AvgIpc) is 1.97. The molecule has 58 valence electrons. The van der Waals surface area contributed by atoms with Crippen LogP contribution in [0.5, 0.6) is 0 Å². The summed E-state index contributed by atoms with van der Waals surface area (Å²) in [5, 5.41) is 0. The molecule has 0 aliphatic carbocycles. The molecule has 0 rings (SSSR count). The van der Waals surface area contributed by atoms with E-state index in [2.05, 4.69) is 19.2 Å². The minimum Gasteiger partial charge on any atom is -0.127 e. The van der Waals surface area contributed by atoms with Crippen molar-refractivity contribution in [1.29, 1.82) is 0 Å². The van der Waals surface area contributed by atoms with Gasteiger partial charge in [0.2, 0.25) is 0 Å². The lowest BCUT2D eigenvalue weighted by Crippen LogP contribution is -1.72. The summed E-state index contributed by atoms with van der Waals surface area (Å²) in [6.45, 7) is 9.62. The summed E-state index contributed by atoms with van der Waals surface area (Å²) in [5.41, 5.74) is 2.18. The predicted molar refractivity (Wildman–Crippen MR) is 55.4 cm³/mol. The Morgan fingerprint density at radius 3 is 2.45 bits per heavy atom. The van der Waals surface area contributed by atoms with Gasteiger partial charge in [0.15, 0.2) is 0 Å². The highest BCUT2D eigenvalue weighted by molar-refractivity contribution is 6.16. The lowest BCUT2D eigenvalue weighted by atomic mass is 10.1. The second-order valence-corrected chi connectivity index (χ2v) is 2.61. The highest BCUT2D eigenvalue weighted by Gasteiger charge is 1.82. The van der Waals surface area contributed by atoms with E-state index in [1.807, 2.05) is 32.9 Å². The second-order valence-electron chi connectivity index (χ2n) is 2.61. The summed E-state index contributed by atoms with van der Waals surface area (Å²) in [6, 6.07) is 0. The Morgan fingerprint density at radius 1 is 1.36 bits per heavy atom. The van der Waals surface area contributed by atoms with Crippen LogP contribution in [-0.4, -0.2) is 7.85 Å². The minimum absolute atomic E-state index is 0.931. The molecule has 1 heteroatoms. The first-order chi connectivity index (χ1) is 5.16. The van der Waals surface area contributed by atoms with Crippen molar-refractivity contribution in [2.75, 3.05) is 0 Å². The minimum atomic E-state index is 0.931. The van der Waals surface area contributed by atoms with Crippen molar-refractivity contribution < 1.29 is 0 Å². The molecule has 0 fully saturated rings. The molecule has 0 aromatic rings. The van der Waals surface area contributed by atoms with Crippen molar-refractivity contribution in [2.45, 2.75) is 13.3 Å². The van der Waals surface area contributed by atoms with Gasteiger partial charge in [-0.25, -0.2) is 0 Å². The molecule has 0 saturated carbocycles. The molecule has 0 aromatic heterocycles. The zero-order valence-corrected chi connectivity index (χ0v) is 7.43. The molecule has 0 spiro atoms. The summed E-state index contributed by atoms with van der Waals surface area (Å²) in [5.74, 6) is 2.03. The topological polar surface area (TPSA) is 0 Å². The summed E-state index contributed by atoms with van der Waals surface area (Å²) >= 11 is 0. The smallest absolute Gasteiger partial charge is 0.127 e. The molecule has 0 heterocycles. The monoisotopic (exact) mass is 146 g/mol. The first kappa shape index (κ1) is 10.0. The van der Waals surface area contributed by atoms with Gasteiger partial charge in [0, 0.05) is 0 Å². The van der Waals surface area contributed by atoms with Crippen LogP contribution >= 0.6 is 0 Å². The summed E-state index contributed by atoms with van der Waals surface area (Å²) < 4.78 is 0. The van der Waals surface area contributed by atoms with E-state index in [1.165, 1.54) is 0 Å². The molecule has 0 aromatic carbocycles. The van der Waals surface area contributed by atoms with Crippen LogP contribution in [0.15, 0.2) is 48.5 Å². The summed E-state index contributed by atoms with van der Waals surface area (Å²) in [7, 11) is 2.01. The number of hydrogen-bond donors (Lipinski definition) is 0. The van der Waals surface area contributed by atoms with Gasteiger partial charge in [-0.3, -0.25) is 0 Å². The standard InChI is InChI=1S/C10H15B/c1-9(2)6-7-10(3)5-4-8-11/h4,6-8H,1,3,5,11H2,2H3/b7-6+,8-4+. The van der Waals surface area contributed by atoms with Crippen molar-refractivity contribution >= 4 is 7.85 Å². The van der Waals surface area contributed by atoms with Crippen LogP contribution in [0, 0.1) is 0 Å². The van der Waals surface area contributed by atoms with E-state index in [1.54, 1.807) is 0 Å². The van der Waals surface area contributed by atoms with Crippen molar-refractivity contribution in [3.05, 3.63) is 48.5 Å². The molecule has 0 atom stereocenters. The second kappa shape index (κ2) is 5.78. The number of hydrogen-bond acceptors (Lipinski definition) is 0. The van der Waals surface area contributed by atoms with Gasteiger partial charge in [0.1, 0.15) is 7.85 Å². The highest BCUT2D eigenvalue weighted by atomic mass is 13.9. The molecule has 0 aliphatic heterocycles. The van der Waals surface area contributed by atoms with Crippen LogP contribution in [0.1, 0.15) is 13.3 Å². The van der Waals surface area contributed by atoms with E-state index in [-0.39, 0.29) is 0 Å². The maximum Gasteiger partial charge on any atom is 0.129 e. The zero-order valence-electron chi connectivity index (χ0n) is 7.43. The van der Waals surface area contributed by atoms with Crippen molar-refractivity contribution in [3.63, 3.8) is 0 Å². The van der Waals surface area contributed by atoms with Crippen LogP contribution < -0.4 is 0 Å². The fourth-order valence-corrected chi connectivity index (χ4v) is 0.597. The fraction of sp³-hybridized carbons (Fsp3) is 0.200. The fourth-order valence-electron chi connectivity index (χ4n) is 0.597. The van der Waals surface area contributed by atoms with Crippen LogP contribution in [0.3, 0.4) is 0 Å². The Morgan fingerprint density at radius 2 is 2.00 bits per heavy atom. The maximum absolute atomic E-state index is 3.88. The third kappa shape index (κ3) is 6.92. The van der Waals surface area contributed by atoms with Crippen LogP contribution in [-0.2, 0) is 0 Å². The Labute approximate surface area is 70.4 Å². The zero-order chi connectivity index (χ0) is 8.69. The third-order valence-electron chi connectivity index (χ3n) is 1.22. The van der Waals surface area contributed by atoms with Gasteiger partial charge in [0.25, 0.3) is 0 Å².